The van der Waals surface area contributed by atoms with Gasteiger partial charge in [0.15, 0.2) is 5.82 Å². The second-order valence-electron chi connectivity index (χ2n) is 8.01. The highest BCUT2D eigenvalue weighted by Gasteiger charge is 2.20. The number of benzene rings is 2. The van der Waals surface area contributed by atoms with Crippen LogP contribution in [-0.4, -0.2) is 26.0 Å². The summed E-state index contributed by atoms with van der Waals surface area (Å²) in [4.78, 5) is 11.9. The minimum absolute atomic E-state index is 0.580. The van der Waals surface area contributed by atoms with E-state index in [9.17, 15) is 0 Å². The number of rotatable bonds is 5. The van der Waals surface area contributed by atoms with Crippen LogP contribution >= 0.6 is 34.8 Å². The Morgan fingerprint density at radius 3 is 2.56 bits per heavy atom. The van der Waals surface area contributed by atoms with Gasteiger partial charge in [0.25, 0.3) is 0 Å². The number of aromatic nitrogens is 3. The minimum atomic E-state index is 0.580. The van der Waals surface area contributed by atoms with Crippen LogP contribution in [0.1, 0.15) is 22.5 Å². The molecule has 0 spiro atoms. The summed E-state index contributed by atoms with van der Waals surface area (Å²) in [6.45, 7) is 3.43. The first-order chi connectivity index (χ1) is 15.5. The molecule has 5 rings (SSSR count). The van der Waals surface area contributed by atoms with Crippen molar-refractivity contribution in [2.24, 2.45) is 0 Å². The maximum absolute atomic E-state index is 6.19. The Bertz CT molecular complexity index is 1250. The zero-order chi connectivity index (χ0) is 22.1. The van der Waals surface area contributed by atoms with Gasteiger partial charge in [0.2, 0.25) is 0 Å². The average molecular weight is 484 g/mol. The van der Waals surface area contributed by atoms with E-state index in [2.05, 4.69) is 32.8 Å². The lowest BCUT2D eigenvalue weighted by Crippen LogP contribution is -2.31. The van der Waals surface area contributed by atoms with Gasteiger partial charge in [0.05, 0.1) is 15.7 Å². The van der Waals surface area contributed by atoms with E-state index >= 15 is 0 Å². The Hall–Kier alpha value is -2.37. The van der Waals surface area contributed by atoms with E-state index in [0.717, 1.165) is 55.2 Å². The molecule has 0 amide bonds. The molecule has 0 radical (unpaired) electrons. The molecule has 0 N–H and O–H groups in total. The van der Waals surface area contributed by atoms with Crippen molar-refractivity contribution >= 4 is 34.8 Å². The van der Waals surface area contributed by atoms with Crippen LogP contribution in [0.3, 0.4) is 0 Å². The largest absolute Gasteiger partial charge is 0.346 e. The summed E-state index contributed by atoms with van der Waals surface area (Å²) < 4.78 is 2.26. The SMILES string of the molecule is Clc1ccc(-c2ncc3c(n2)CCN(Cc2cccn2Cc2ccc(Cl)c(Cl)c2)C3)cc1. The summed E-state index contributed by atoms with van der Waals surface area (Å²) in [7, 11) is 0. The van der Waals surface area contributed by atoms with Crippen molar-refractivity contribution in [3.05, 3.63) is 105 Å². The second-order valence-corrected chi connectivity index (χ2v) is 9.26. The van der Waals surface area contributed by atoms with Crippen LogP contribution < -0.4 is 0 Å². The third-order valence-electron chi connectivity index (χ3n) is 5.76. The van der Waals surface area contributed by atoms with Crippen LogP contribution in [0.2, 0.25) is 15.1 Å². The fraction of sp³-hybridized carbons (Fsp3) is 0.200. The first-order valence-corrected chi connectivity index (χ1v) is 11.6. The van der Waals surface area contributed by atoms with Crippen molar-refractivity contribution in [1.29, 1.82) is 0 Å². The van der Waals surface area contributed by atoms with Crippen molar-refractivity contribution in [1.82, 2.24) is 19.4 Å². The van der Waals surface area contributed by atoms with Gasteiger partial charge in [-0.15, -0.1) is 0 Å². The van der Waals surface area contributed by atoms with Crippen LogP contribution in [0, 0.1) is 0 Å². The quantitative estimate of drug-likeness (QED) is 0.324. The molecule has 0 saturated heterocycles. The van der Waals surface area contributed by atoms with Gasteiger partial charge in [-0.05, 0) is 54.1 Å². The van der Waals surface area contributed by atoms with E-state index in [1.54, 1.807) is 0 Å². The standard InChI is InChI=1S/C25H21Cl3N4/c26-20-6-4-18(5-7-20)25-29-13-19-15-31(11-9-24(19)30-25)16-21-2-1-10-32(21)14-17-3-8-22(27)23(28)12-17/h1-8,10,12-13H,9,11,14-16H2. The van der Waals surface area contributed by atoms with E-state index in [4.69, 9.17) is 39.8 Å². The van der Waals surface area contributed by atoms with Gasteiger partial charge < -0.3 is 4.57 Å². The molecule has 3 heterocycles. The van der Waals surface area contributed by atoms with Crippen LogP contribution in [0.25, 0.3) is 11.4 Å². The number of hydrogen-bond donors (Lipinski definition) is 0. The van der Waals surface area contributed by atoms with E-state index in [1.807, 2.05) is 48.7 Å². The summed E-state index contributed by atoms with van der Waals surface area (Å²) >= 11 is 18.2. The molecule has 4 aromatic rings. The second kappa shape index (κ2) is 9.24. The van der Waals surface area contributed by atoms with E-state index < -0.39 is 0 Å². The molecule has 0 fully saturated rings. The average Bonchev–Trinajstić information content (AvgIpc) is 3.23. The molecular weight excluding hydrogens is 463 g/mol. The molecule has 4 nitrogen and oxygen atoms in total. The van der Waals surface area contributed by atoms with Crippen molar-refractivity contribution in [2.45, 2.75) is 26.1 Å². The normalized spacial score (nSPS) is 13.8. The number of fused-ring (bicyclic) bond motifs is 1. The van der Waals surface area contributed by atoms with Gasteiger partial charge in [-0.25, -0.2) is 9.97 Å². The topological polar surface area (TPSA) is 34.0 Å². The predicted octanol–water partition coefficient (Wildman–Crippen LogP) is 6.51. The lowest BCUT2D eigenvalue weighted by Gasteiger charge is -2.28. The molecular formula is C25H21Cl3N4. The summed E-state index contributed by atoms with van der Waals surface area (Å²) in [5.41, 5.74) is 5.70. The molecule has 162 valence electrons. The lowest BCUT2D eigenvalue weighted by atomic mass is 10.1. The lowest BCUT2D eigenvalue weighted by molar-refractivity contribution is 0.237. The van der Waals surface area contributed by atoms with Gasteiger partial charge in [0.1, 0.15) is 0 Å². The number of halogens is 3. The first-order valence-electron chi connectivity index (χ1n) is 10.5. The van der Waals surface area contributed by atoms with Crippen molar-refractivity contribution in [3.63, 3.8) is 0 Å². The van der Waals surface area contributed by atoms with Crippen LogP contribution in [0.5, 0.6) is 0 Å². The predicted molar refractivity (Wildman–Crippen MR) is 130 cm³/mol. The molecule has 0 atom stereocenters. The smallest absolute Gasteiger partial charge is 0.159 e. The van der Waals surface area contributed by atoms with Crippen molar-refractivity contribution in [3.8, 4) is 11.4 Å². The van der Waals surface area contributed by atoms with Crippen LogP contribution in [0.4, 0.5) is 0 Å². The summed E-state index contributed by atoms with van der Waals surface area (Å²) in [6.07, 6.45) is 4.98. The summed E-state index contributed by atoms with van der Waals surface area (Å²) in [5.74, 6) is 0.754. The van der Waals surface area contributed by atoms with Gasteiger partial charge in [0, 0.05) is 66.8 Å². The fourth-order valence-corrected chi connectivity index (χ4v) is 4.51. The fourth-order valence-electron chi connectivity index (χ4n) is 4.06. The maximum atomic E-state index is 6.19. The third-order valence-corrected chi connectivity index (χ3v) is 6.75. The van der Waals surface area contributed by atoms with Crippen LogP contribution in [0.15, 0.2) is 67.0 Å². The molecule has 0 aliphatic carbocycles. The van der Waals surface area contributed by atoms with Gasteiger partial charge in [-0.1, -0.05) is 40.9 Å². The highest BCUT2D eigenvalue weighted by Crippen LogP contribution is 2.25. The molecule has 1 aliphatic heterocycles. The Labute approximate surface area is 202 Å². The number of hydrogen-bond acceptors (Lipinski definition) is 3. The van der Waals surface area contributed by atoms with E-state index in [-0.39, 0.29) is 0 Å². The highest BCUT2D eigenvalue weighted by atomic mass is 35.5. The highest BCUT2D eigenvalue weighted by molar-refractivity contribution is 6.42. The van der Waals surface area contributed by atoms with Gasteiger partial charge >= 0.3 is 0 Å². The molecule has 0 saturated carbocycles. The molecule has 7 heteroatoms. The Morgan fingerprint density at radius 1 is 0.906 bits per heavy atom. The minimum Gasteiger partial charge on any atom is -0.346 e. The zero-order valence-corrected chi connectivity index (χ0v) is 19.6. The Morgan fingerprint density at radius 2 is 1.75 bits per heavy atom. The van der Waals surface area contributed by atoms with Crippen molar-refractivity contribution in [2.75, 3.05) is 6.54 Å². The zero-order valence-electron chi connectivity index (χ0n) is 17.3. The molecule has 0 unspecified atom stereocenters. The van der Waals surface area contributed by atoms with E-state index in [1.165, 1.54) is 11.3 Å². The molecule has 2 aromatic heterocycles. The molecule has 0 bridgehead atoms. The monoisotopic (exact) mass is 482 g/mol. The summed E-state index contributed by atoms with van der Waals surface area (Å²) in [6, 6.07) is 17.7. The molecule has 32 heavy (non-hydrogen) atoms. The summed E-state index contributed by atoms with van der Waals surface area (Å²) in [5, 5.41) is 1.88. The van der Waals surface area contributed by atoms with Gasteiger partial charge in [-0.3, -0.25) is 4.90 Å². The molecule has 2 aromatic carbocycles. The molecule has 1 aliphatic rings. The third kappa shape index (κ3) is 4.69. The maximum Gasteiger partial charge on any atom is 0.159 e. The van der Waals surface area contributed by atoms with E-state index in [0.29, 0.717) is 15.1 Å². The Balaban J connectivity index is 1.28. The van der Waals surface area contributed by atoms with Crippen molar-refractivity contribution < 1.29 is 0 Å². The van der Waals surface area contributed by atoms with Gasteiger partial charge in [-0.2, -0.15) is 0 Å². The Kier molecular flexibility index (Phi) is 6.20. The van der Waals surface area contributed by atoms with Crippen LogP contribution in [-0.2, 0) is 26.1 Å². The first kappa shape index (κ1) is 21.5. The number of nitrogens with zero attached hydrogens (tertiary/aromatic N) is 4.